The highest BCUT2D eigenvalue weighted by Crippen LogP contribution is 2.53. The third-order valence-corrected chi connectivity index (χ3v) is 8.31. The van der Waals surface area contributed by atoms with Gasteiger partial charge >= 0.3 is 0 Å². The van der Waals surface area contributed by atoms with Crippen LogP contribution in [0.15, 0.2) is 60.7 Å². The Morgan fingerprint density at radius 3 is 1.81 bits per heavy atom. The van der Waals surface area contributed by atoms with Crippen LogP contribution < -0.4 is 0 Å². The fourth-order valence-electron chi connectivity index (χ4n) is 6.33. The van der Waals surface area contributed by atoms with Crippen molar-refractivity contribution in [3.63, 3.8) is 0 Å². The third kappa shape index (κ3) is 4.60. The van der Waals surface area contributed by atoms with E-state index in [0.717, 1.165) is 13.1 Å². The number of hydrogen-bond donors (Lipinski definition) is 0. The lowest BCUT2D eigenvalue weighted by atomic mass is 9.63. The molecule has 168 valence electrons. The number of nitrogens with zero attached hydrogens (tertiary/aromatic N) is 3. The first kappa shape index (κ1) is 22.5. The summed E-state index contributed by atoms with van der Waals surface area (Å²) in [6.07, 6.45) is 3.79. The maximum absolute atomic E-state index is 2.87. The van der Waals surface area contributed by atoms with Crippen LogP contribution in [0.5, 0.6) is 0 Å². The lowest BCUT2D eigenvalue weighted by molar-refractivity contribution is 0.0642. The molecule has 2 bridgehead atoms. The van der Waals surface area contributed by atoms with Crippen molar-refractivity contribution < 1.29 is 0 Å². The van der Waals surface area contributed by atoms with E-state index in [9.17, 15) is 0 Å². The van der Waals surface area contributed by atoms with Crippen LogP contribution in [0.3, 0.4) is 0 Å². The summed E-state index contributed by atoms with van der Waals surface area (Å²) < 4.78 is 0. The second-order valence-electron chi connectivity index (χ2n) is 9.86. The maximum Gasteiger partial charge on any atom is 0.0235 e. The summed E-state index contributed by atoms with van der Waals surface area (Å²) in [4.78, 5) is 8.00. The minimum Gasteiger partial charge on any atom is -0.304 e. The smallest absolute Gasteiger partial charge is 0.0235 e. The molecule has 31 heavy (non-hydrogen) atoms. The molecule has 0 amide bonds. The molecule has 2 saturated heterocycles. The van der Waals surface area contributed by atoms with Crippen molar-refractivity contribution in [1.29, 1.82) is 0 Å². The van der Waals surface area contributed by atoms with Crippen LogP contribution in [0.2, 0.25) is 0 Å². The Morgan fingerprint density at radius 2 is 1.35 bits per heavy atom. The van der Waals surface area contributed by atoms with Crippen molar-refractivity contribution in [2.45, 2.75) is 56.5 Å². The zero-order valence-electron chi connectivity index (χ0n) is 20.0. The SMILES string of the molecule is CCN(CC)CCN1CCC2(N(C)C)CC(c3ccccc3)C1C(c1ccccc1)C2. The summed E-state index contributed by atoms with van der Waals surface area (Å²) in [5, 5.41) is 0. The standard InChI is InChI=1S/C28H41N3/c1-5-30(6-2)19-20-31-18-17-28(29(3)4)21-25(23-13-9-7-10-14-23)27(31)26(22-28)24-15-11-8-12-16-24/h7-16,25-27H,5-6,17-22H2,1-4H3. The quantitative estimate of drug-likeness (QED) is 0.592. The van der Waals surface area contributed by atoms with Crippen molar-refractivity contribution in [2.75, 3.05) is 46.8 Å². The van der Waals surface area contributed by atoms with E-state index in [4.69, 9.17) is 0 Å². The van der Waals surface area contributed by atoms with Crippen molar-refractivity contribution in [3.8, 4) is 0 Å². The third-order valence-electron chi connectivity index (χ3n) is 8.31. The molecule has 1 saturated carbocycles. The molecule has 0 N–H and O–H groups in total. The van der Waals surface area contributed by atoms with Gasteiger partial charge in [-0.25, -0.2) is 0 Å². The van der Waals surface area contributed by atoms with Crippen molar-refractivity contribution in [2.24, 2.45) is 0 Å². The average Bonchev–Trinajstić information content (AvgIpc) is 3.08. The Hall–Kier alpha value is -1.68. The van der Waals surface area contributed by atoms with Crippen LogP contribution in [-0.4, -0.2) is 73.1 Å². The van der Waals surface area contributed by atoms with Gasteiger partial charge in [0.15, 0.2) is 0 Å². The molecule has 2 aliphatic heterocycles. The lowest BCUT2D eigenvalue weighted by Gasteiger charge is -2.51. The van der Waals surface area contributed by atoms with E-state index in [1.54, 1.807) is 0 Å². The molecular weight excluding hydrogens is 378 g/mol. The van der Waals surface area contributed by atoms with Gasteiger partial charge in [0.1, 0.15) is 0 Å². The first-order chi connectivity index (χ1) is 15.1. The fourth-order valence-corrected chi connectivity index (χ4v) is 6.33. The summed E-state index contributed by atoms with van der Waals surface area (Å²) in [6.45, 7) is 10.4. The Balaban J connectivity index is 1.76. The second kappa shape index (κ2) is 9.85. The molecule has 5 rings (SSSR count). The van der Waals surface area contributed by atoms with E-state index in [1.807, 2.05) is 0 Å². The molecule has 2 aromatic carbocycles. The zero-order chi connectivity index (χ0) is 21.8. The molecule has 3 heteroatoms. The van der Waals surface area contributed by atoms with Gasteiger partial charge in [0, 0.05) is 43.1 Å². The van der Waals surface area contributed by atoms with Gasteiger partial charge in [0.25, 0.3) is 0 Å². The minimum absolute atomic E-state index is 0.265. The highest BCUT2D eigenvalue weighted by molar-refractivity contribution is 5.32. The lowest BCUT2D eigenvalue weighted by Crippen LogP contribution is -2.53. The van der Waals surface area contributed by atoms with Gasteiger partial charge in [0.05, 0.1) is 0 Å². The molecule has 0 aromatic heterocycles. The van der Waals surface area contributed by atoms with Crippen molar-refractivity contribution in [1.82, 2.24) is 14.7 Å². The molecule has 3 fully saturated rings. The molecule has 2 heterocycles. The van der Waals surface area contributed by atoms with E-state index in [1.165, 1.54) is 50.0 Å². The van der Waals surface area contributed by atoms with Gasteiger partial charge in [-0.3, -0.25) is 4.90 Å². The highest BCUT2D eigenvalue weighted by atomic mass is 15.2. The average molecular weight is 420 g/mol. The molecule has 1 aliphatic carbocycles. The largest absolute Gasteiger partial charge is 0.304 e. The molecule has 2 atom stereocenters. The second-order valence-corrected chi connectivity index (χ2v) is 9.86. The number of fused-ring (bicyclic) bond motifs is 4. The summed E-state index contributed by atoms with van der Waals surface area (Å²) in [6, 6.07) is 23.3. The summed E-state index contributed by atoms with van der Waals surface area (Å²) in [7, 11) is 4.63. The maximum atomic E-state index is 2.87. The van der Waals surface area contributed by atoms with Crippen LogP contribution >= 0.6 is 0 Å². The number of rotatable bonds is 8. The summed E-state index contributed by atoms with van der Waals surface area (Å²) in [5.41, 5.74) is 3.31. The molecule has 2 unspecified atom stereocenters. The van der Waals surface area contributed by atoms with Gasteiger partial charge in [-0.15, -0.1) is 0 Å². The number of hydrogen-bond acceptors (Lipinski definition) is 3. The van der Waals surface area contributed by atoms with Crippen LogP contribution in [0.4, 0.5) is 0 Å². The zero-order valence-corrected chi connectivity index (χ0v) is 20.0. The first-order valence-electron chi connectivity index (χ1n) is 12.3. The monoisotopic (exact) mass is 419 g/mol. The topological polar surface area (TPSA) is 9.72 Å². The van der Waals surface area contributed by atoms with E-state index >= 15 is 0 Å². The van der Waals surface area contributed by atoms with Gasteiger partial charge < -0.3 is 9.80 Å². The number of benzene rings is 2. The Morgan fingerprint density at radius 1 is 0.839 bits per heavy atom. The molecule has 0 spiro atoms. The van der Waals surface area contributed by atoms with E-state index in [2.05, 4.69) is 103 Å². The van der Waals surface area contributed by atoms with E-state index in [-0.39, 0.29) is 5.54 Å². The van der Waals surface area contributed by atoms with Gasteiger partial charge in [-0.05, 0) is 57.6 Å². The Bertz CT molecular complexity index is 750. The molecule has 0 radical (unpaired) electrons. The summed E-state index contributed by atoms with van der Waals surface area (Å²) >= 11 is 0. The Kier molecular flexibility index (Phi) is 7.15. The van der Waals surface area contributed by atoms with Gasteiger partial charge in [-0.1, -0.05) is 74.5 Å². The Labute approximate surface area is 190 Å². The van der Waals surface area contributed by atoms with Gasteiger partial charge in [-0.2, -0.15) is 0 Å². The predicted octanol–water partition coefficient (Wildman–Crippen LogP) is 5.06. The van der Waals surface area contributed by atoms with E-state index < -0.39 is 0 Å². The van der Waals surface area contributed by atoms with Gasteiger partial charge in [0.2, 0.25) is 0 Å². The molecular formula is C28H41N3. The summed E-state index contributed by atoms with van der Waals surface area (Å²) in [5.74, 6) is 1.14. The fraction of sp³-hybridized carbons (Fsp3) is 0.571. The number of likely N-dealkylation sites (N-methyl/N-ethyl adjacent to an activating group) is 1. The van der Waals surface area contributed by atoms with Crippen molar-refractivity contribution in [3.05, 3.63) is 71.8 Å². The van der Waals surface area contributed by atoms with Crippen LogP contribution in [0.1, 0.15) is 56.1 Å². The molecule has 3 nitrogen and oxygen atoms in total. The first-order valence-corrected chi connectivity index (χ1v) is 12.3. The minimum atomic E-state index is 0.265. The molecule has 2 aromatic rings. The van der Waals surface area contributed by atoms with Crippen LogP contribution in [0.25, 0.3) is 0 Å². The van der Waals surface area contributed by atoms with Crippen LogP contribution in [0, 0.1) is 0 Å². The highest BCUT2D eigenvalue weighted by Gasteiger charge is 2.52. The van der Waals surface area contributed by atoms with Crippen LogP contribution in [-0.2, 0) is 0 Å². The van der Waals surface area contributed by atoms with E-state index in [0.29, 0.717) is 17.9 Å². The van der Waals surface area contributed by atoms with Crippen molar-refractivity contribution >= 4 is 0 Å². The predicted molar refractivity (Wildman–Crippen MR) is 132 cm³/mol. The molecule has 3 aliphatic rings. The normalized spacial score (nSPS) is 28.9.